The van der Waals surface area contributed by atoms with E-state index in [0.717, 1.165) is 18.2 Å². The van der Waals surface area contributed by atoms with Gasteiger partial charge >= 0.3 is 0 Å². The van der Waals surface area contributed by atoms with Gasteiger partial charge in [0.25, 0.3) is 10.0 Å². The summed E-state index contributed by atoms with van der Waals surface area (Å²) < 4.78 is 52.6. The second-order valence-electron chi connectivity index (χ2n) is 3.92. The number of rotatable bonds is 3. The first-order valence-electron chi connectivity index (χ1n) is 5.32. The fourth-order valence-electron chi connectivity index (χ4n) is 1.50. The molecule has 0 atom stereocenters. The first-order valence-corrected chi connectivity index (χ1v) is 7.60. The van der Waals surface area contributed by atoms with Crippen LogP contribution in [0, 0.1) is 11.6 Å². The summed E-state index contributed by atoms with van der Waals surface area (Å²) >= 11 is 3.10. The Bertz CT molecular complexity index is 766. The molecule has 0 radical (unpaired) electrons. The molecule has 0 saturated heterocycles. The lowest BCUT2D eigenvalue weighted by Crippen LogP contribution is -2.14. The molecule has 0 aliphatic heterocycles. The van der Waals surface area contributed by atoms with Crippen LogP contribution in [0.15, 0.2) is 45.8 Å². The van der Waals surface area contributed by atoms with Gasteiger partial charge in [0, 0.05) is 16.2 Å². The number of anilines is 2. The zero-order valence-corrected chi connectivity index (χ0v) is 12.3. The van der Waals surface area contributed by atoms with Gasteiger partial charge in [-0.3, -0.25) is 4.72 Å². The third-order valence-corrected chi connectivity index (χ3v) is 4.79. The minimum absolute atomic E-state index is 0.0850. The van der Waals surface area contributed by atoms with Crippen LogP contribution in [-0.4, -0.2) is 8.42 Å². The smallest absolute Gasteiger partial charge is 0.263 e. The average molecular weight is 363 g/mol. The topological polar surface area (TPSA) is 72.2 Å². The third-order valence-electron chi connectivity index (χ3n) is 2.42. The van der Waals surface area contributed by atoms with Crippen LogP contribution in [0.2, 0.25) is 0 Å². The van der Waals surface area contributed by atoms with Crippen molar-refractivity contribution >= 4 is 37.3 Å². The number of hydrogen-bond acceptors (Lipinski definition) is 3. The van der Waals surface area contributed by atoms with Crippen LogP contribution in [0.4, 0.5) is 20.2 Å². The van der Waals surface area contributed by atoms with Gasteiger partial charge in [-0.1, -0.05) is 0 Å². The van der Waals surface area contributed by atoms with Crippen LogP contribution in [0.3, 0.4) is 0 Å². The maximum absolute atomic E-state index is 13.1. The van der Waals surface area contributed by atoms with Crippen LogP contribution < -0.4 is 10.5 Å². The summed E-state index contributed by atoms with van der Waals surface area (Å²) in [4.78, 5) is -0.0952. The summed E-state index contributed by atoms with van der Waals surface area (Å²) in [6.07, 6.45) is 0. The van der Waals surface area contributed by atoms with Crippen LogP contribution in [0.5, 0.6) is 0 Å². The molecule has 0 aromatic heterocycles. The monoisotopic (exact) mass is 362 g/mol. The Labute approximate surface area is 122 Å². The highest BCUT2D eigenvalue weighted by atomic mass is 79.9. The van der Waals surface area contributed by atoms with Gasteiger partial charge in [0.15, 0.2) is 11.6 Å². The third kappa shape index (κ3) is 3.07. The number of halogens is 3. The van der Waals surface area contributed by atoms with Crippen LogP contribution in [0.1, 0.15) is 0 Å². The summed E-state index contributed by atoms with van der Waals surface area (Å²) in [6, 6.07) is 6.98. The van der Waals surface area contributed by atoms with E-state index in [1.165, 1.54) is 18.2 Å². The number of sulfonamides is 1. The minimum atomic E-state index is -3.96. The molecular weight excluding hydrogens is 354 g/mol. The quantitative estimate of drug-likeness (QED) is 0.824. The van der Waals surface area contributed by atoms with Crippen LogP contribution >= 0.6 is 15.9 Å². The standard InChI is InChI=1S/C12H9BrF2N2O2S/c13-9-3-1-7(16)5-12(9)20(18,19)17-8-2-4-10(14)11(15)6-8/h1-6,17H,16H2. The molecule has 0 spiro atoms. The molecule has 0 bridgehead atoms. The fraction of sp³-hybridized carbons (Fsp3) is 0. The van der Waals surface area contributed by atoms with E-state index in [2.05, 4.69) is 20.7 Å². The highest BCUT2D eigenvalue weighted by molar-refractivity contribution is 9.10. The summed E-state index contributed by atoms with van der Waals surface area (Å²) in [5, 5.41) is 0. The second kappa shape index (κ2) is 5.37. The normalized spacial score (nSPS) is 11.3. The highest BCUT2D eigenvalue weighted by Crippen LogP contribution is 2.26. The Morgan fingerprint density at radius 2 is 1.75 bits per heavy atom. The maximum Gasteiger partial charge on any atom is 0.263 e. The van der Waals surface area contributed by atoms with Crippen molar-refractivity contribution in [3.05, 3.63) is 52.5 Å². The van der Waals surface area contributed by atoms with Gasteiger partial charge in [-0.15, -0.1) is 0 Å². The molecule has 0 amide bonds. The molecule has 0 aliphatic rings. The summed E-state index contributed by atoms with van der Waals surface area (Å²) in [7, 11) is -3.96. The predicted molar refractivity (Wildman–Crippen MR) is 75.7 cm³/mol. The van der Waals surface area contributed by atoms with Crippen LogP contribution in [0.25, 0.3) is 0 Å². The Morgan fingerprint density at radius 1 is 1.05 bits per heavy atom. The molecule has 3 N–H and O–H groups in total. The molecule has 2 rings (SSSR count). The van der Waals surface area contributed by atoms with Crippen molar-refractivity contribution in [3.63, 3.8) is 0 Å². The van der Waals surface area contributed by atoms with Crippen molar-refractivity contribution in [1.82, 2.24) is 0 Å². The van der Waals surface area contributed by atoms with Crippen molar-refractivity contribution in [3.8, 4) is 0 Å². The van der Waals surface area contributed by atoms with Crippen molar-refractivity contribution in [2.45, 2.75) is 4.90 Å². The Kier molecular flexibility index (Phi) is 3.96. The molecular formula is C12H9BrF2N2O2S. The number of nitrogens with two attached hydrogens (primary N) is 1. The molecule has 4 nitrogen and oxygen atoms in total. The minimum Gasteiger partial charge on any atom is -0.399 e. The largest absolute Gasteiger partial charge is 0.399 e. The zero-order chi connectivity index (χ0) is 14.9. The van der Waals surface area contributed by atoms with E-state index < -0.39 is 21.7 Å². The van der Waals surface area contributed by atoms with E-state index in [1.807, 2.05) is 0 Å². The van der Waals surface area contributed by atoms with Gasteiger partial charge in [0.05, 0.1) is 5.69 Å². The van der Waals surface area contributed by atoms with Crippen molar-refractivity contribution < 1.29 is 17.2 Å². The first-order chi connectivity index (χ1) is 9.29. The zero-order valence-electron chi connectivity index (χ0n) is 9.90. The number of nitrogens with one attached hydrogen (secondary N) is 1. The van der Waals surface area contributed by atoms with Gasteiger partial charge in [-0.2, -0.15) is 0 Å². The first kappa shape index (κ1) is 14.7. The highest BCUT2D eigenvalue weighted by Gasteiger charge is 2.18. The van der Waals surface area contributed by atoms with Gasteiger partial charge in [-0.25, -0.2) is 17.2 Å². The second-order valence-corrected chi connectivity index (χ2v) is 6.43. The van der Waals surface area contributed by atoms with E-state index in [9.17, 15) is 17.2 Å². The van der Waals surface area contributed by atoms with E-state index in [-0.39, 0.29) is 16.3 Å². The summed E-state index contributed by atoms with van der Waals surface area (Å²) in [5.74, 6) is -2.20. The van der Waals surface area contributed by atoms with Gasteiger partial charge in [0.1, 0.15) is 4.90 Å². The average Bonchev–Trinajstić information content (AvgIpc) is 2.36. The Morgan fingerprint density at radius 3 is 2.40 bits per heavy atom. The fourth-order valence-corrected chi connectivity index (χ4v) is 3.54. The van der Waals surface area contributed by atoms with Crippen LogP contribution in [-0.2, 0) is 10.0 Å². The summed E-state index contributed by atoms with van der Waals surface area (Å²) in [6.45, 7) is 0. The lowest BCUT2D eigenvalue weighted by atomic mass is 10.3. The number of benzene rings is 2. The SMILES string of the molecule is Nc1ccc(Br)c(S(=O)(=O)Nc2ccc(F)c(F)c2)c1. The molecule has 0 aliphatic carbocycles. The maximum atomic E-state index is 13.1. The molecule has 0 heterocycles. The van der Waals surface area contributed by atoms with E-state index in [0.29, 0.717) is 4.47 Å². The van der Waals surface area contributed by atoms with Crippen molar-refractivity contribution in [2.24, 2.45) is 0 Å². The Hall–Kier alpha value is -1.67. The van der Waals surface area contributed by atoms with Crippen molar-refractivity contribution in [1.29, 1.82) is 0 Å². The number of hydrogen-bond donors (Lipinski definition) is 2. The lowest BCUT2D eigenvalue weighted by Gasteiger charge is -2.10. The number of nitrogen functional groups attached to an aromatic ring is 1. The molecule has 20 heavy (non-hydrogen) atoms. The predicted octanol–water partition coefficient (Wildman–Crippen LogP) is 3.11. The van der Waals surface area contributed by atoms with Gasteiger partial charge in [0.2, 0.25) is 0 Å². The molecule has 8 heteroatoms. The molecule has 2 aromatic rings. The summed E-state index contributed by atoms with van der Waals surface area (Å²) in [5.41, 5.74) is 5.72. The van der Waals surface area contributed by atoms with E-state index >= 15 is 0 Å². The molecule has 0 saturated carbocycles. The molecule has 0 unspecified atom stereocenters. The molecule has 106 valence electrons. The Balaban J connectivity index is 2.40. The van der Waals surface area contributed by atoms with Crippen molar-refractivity contribution in [2.75, 3.05) is 10.5 Å². The van der Waals surface area contributed by atoms with E-state index in [1.54, 1.807) is 0 Å². The van der Waals surface area contributed by atoms with Gasteiger partial charge < -0.3 is 5.73 Å². The van der Waals surface area contributed by atoms with Gasteiger partial charge in [-0.05, 0) is 46.3 Å². The molecule has 2 aromatic carbocycles. The molecule has 0 fully saturated rings. The van der Waals surface area contributed by atoms with E-state index in [4.69, 9.17) is 5.73 Å². The lowest BCUT2D eigenvalue weighted by molar-refractivity contribution is 0.509.